The van der Waals surface area contributed by atoms with Crippen LogP contribution in [-0.4, -0.2) is 24.1 Å². The van der Waals surface area contributed by atoms with Gasteiger partial charge in [0, 0.05) is 17.9 Å². The summed E-state index contributed by atoms with van der Waals surface area (Å²) in [6.07, 6.45) is -3.70. The highest BCUT2D eigenvalue weighted by Gasteiger charge is 2.31. The van der Waals surface area contributed by atoms with E-state index in [2.05, 4.69) is 19.8 Å². The Morgan fingerprint density at radius 1 is 0.895 bits per heavy atom. The Kier molecular flexibility index (Phi) is 9.50. The van der Waals surface area contributed by atoms with Crippen molar-refractivity contribution < 1.29 is 45.0 Å². The Balaban J connectivity index is 1.95. The zero-order valence-electron chi connectivity index (χ0n) is 19.5. The molecule has 3 aromatic rings. The smallest absolute Gasteiger partial charge is 0.417 e. The van der Waals surface area contributed by atoms with Crippen molar-refractivity contribution in [3.8, 4) is 11.5 Å². The molecule has 1 aromatic heterocycles. The van der Waals surface area contributed by atoms with Gasteiger partial charge in [0.1, 0.15) is 6.04 Å². The second-order valence-electron chi connectivity index (χ2n) is 8.00. The van der Waals surface area contributed by atoms with Crippen LogP contribution in [0.4, 0.5) is 30.7 Å². The van der Waals surface area contributed by atoms with Crippen LogP contribution in [0.5, 0.6) is 11.5 Å². The van der Waals surface area contributed by atoms with Gasteiger partial charge in [-0.2, -0.15) is 30.7 Å². The first-order valence-electron chi connectivity index (χ1n) is 11.1. The van der Waals surface area contributed by atoms with Crippen LogP contribution in [0.2, 0.25) is 0 Å². The summed E-state index contributed by atoms with van der Waals surface area (Å²) in [5.74, 6) is -2.08. The molecular weight excluding hydrogens is 523 g/mol. The van der Waals surface area contributed by atoms with Crippen molar-refractivity contribution in [1.29, 1.82) is 0 Å². The molecule has 3 rings (SSSR count). The average Bonchev–Trinajstić information content (AvgIpc) is 2.85. The number of pyridine rings is 1. The number of nitrogens with zero attached hydrogens (tertiary/aromatic N) is 1. The lowest BCUT2D eigenvalue weighted by molar-refractivity contribution is -0.137. The molecule has 0 bridgehead atoms. The van der Waals surface area contributed by atoms with Gasteiger partial charge in [-0.1, -0.05) is 36.4 Å². The minimum absolute atomic E-state index is 0.0936. The summed E-state index contributed by atoms with van der Waals surface area (Å²) in [6, 6.07) is 11.8. The maximum Gasteiger partial charge on any atom is 0.417 e. The Morgan fingerprint density at radius 3 is 2.11 bits per heavy atom. The van der Waals surface area contributed by atoms with Crippen LogP contribution in [0.15, 0.2) is 66.9 Å². The highest BCUT2D eigenvalue weighted by Crippen LogP contribution is 2.35. The van der Waals surface area contributed by atoms with Crippen LogP contribution in [0.3, 0.4) is 0 Å². The molecule has 2 aromatic carbocycles. The van der Waals surface area contributed by atoms with E-state index in [0.717, 1.165) is 18.2 Å². The number of hydrogen-bond acceptors (Lipinski definition) is 5. The first kappa shape index (κ1) is 28.7. The fraction of sp³-hybridized carbons (Fsp3) is 0.280. The van der Waals surface area contributed by atoms with Gasteiger partial charge in [-0.05, 0) is 48.2 Å². The van der Waals surface area contributed by atoms with Gasteiger partial charge in [-0.15, -0.1) is 0 Å². The zero-order chi connectivity index (χ0) is 27.9. The molecule has 0 aliphatic heterocycles. The minimum atomic E-state index is -4.57. The topological polar surface area (TPSA) is 86.5 Å². The molecule has 1 amide bonds. The minimum Gasteiger partial charge on any atom is -0.431 e. The van der Waals surface area contributed by atoms with Crippen molar-refractivity contribution in [3.05, 3.63) is 89.2 Å². The number of aryl methyl sites for hydroxylation is 1. The quantitative estimate of drug-likeness (QED) is 0.281. The van der Waals surface area contributed by atoms with Gasteiger partial charge in [0.05, 0.1) is 5.56 Å². The number of primary amides is 1. The van der Waals surface area contributed by atoms with Crippen LogP contribution in [0.25, 0.3) is 0 Å². The van der Waals surface area contributed by atoms with Crippen molar-refractivity contribution in [2.24, 2.45) is 5.73 Å². The van der Waals surface area contributed by atoms with Gasteiger partial charge in [-0.3, -0.25) is 15.1 Å². The molecule has 3 N–H and O–H groups in total. The normalized spacial score (nSPS) is 13.4. The summed E-state index contributed by atoms with van der Waals surface area (Å²) < 4.78 is 98.6. The van der Waals surface area contributed by atoms with E-state index >= 15 is 0 Å². The predicted molar refractivity (Wildman–Crippen MR) is 122 cm³/mol. The van der Waals surface area contributed by atoms with Crippen molar-refractivity contribution in [3.63, 3.8) is 0 Å². The molecule has 2 unspecified atom stereocenters. The number of aromatic nitrogens is 1. The van der Waals surface area contributed by atoms with Crippen LogP contribution in [-0.2, 0) is 17.4 Å². The SMILES string of the molecule is NC(=O)C(NC(CCc1ccc(C(F)(F)F)cn1)c1ccc(OC(F)F)c(OC(F)F)c1)c1ccccc1. The van der Waals surface area contributed by atoms with E-state index in [4.69, 9.17) is 5.73 Å². The third-order valence-corrected chi connectivity index (χ3v) is 5.43. The van der Waals surface area contributed by atoms with E-state index in [-0.39, 0.29) is 24.1 Å². The van der Waals surface area contributed by atoms with Gasteiger partial charge in [0.2, 0.25) is 5.91 Å². The number of alkyl halides is 7. The van der Waals surface area contributed by atoms with E-state index in [9.17, 15) is 35.5 Å². The Bertz CT molecular complexity index is 1190. The number of hydrogen-bond donors (Lipinski definition) is 2. The van der Waals surface area contributed by atoms with Crippen LogP contribution >= 0.6 is 0 Å². The number of nitrogens with one attached hydrogen (secondary N) is 1. The Labute approximate surface area is 212 Å². The van der Waals surface area contributed by atoms with Crippen molar-refractivity contribution in [2.75, 3.05) is 0 Å². The Hall–Kier alpha value is -3.87. The molecule has 38 heavy (non-hydrogen) atoms. The summed E-state index contributed by atoms with van der Waals surface area (Å²) >= 11 is 0. The number of amides is 1. The lowest BCUT2D eigenvalue weighted by Crippen LogP contribution is -2.36. The van der Waals surface area contributed by atoms with Crippen LogP contribution < -0.4 is 20.5 Å². The molecule has 0 saturated heterocycles. The van der Waals surface area contributed by atoms with Crippen molar-refractivity contribution in [2.45, 2.75) is 44.3 Å². The number of benzene rings is 2. The molecule has 0 saturated carbocycles. The standard InChI is InChI=1S/C25H22F7N3O3/c26-23(27)37-19-11-6-15(12-20(19)38-24(28)29)18(35-21(22(33)36)14-4-2-1-3-5-14)10-9-17-8-7-16(13-34-17)25(30,31)32/h1-8,11-13,18,21,23-24,35H,9-10H2,(H2,33,36). The van der Waals surface area contributed by atoms with E-state index in [0.29, 0.717) is 11.8 Å². The molecule has 0 aliphatic carbocycles. The monoisotopic (exact) mass is 545 g/mol. The molecule has 0 spiro atoms. The summed E-state index contributed by atoms with van der Waals surface area (Å²) in [4.78, 5) is 16.1. The number of carbonyl (C=O) groups is 1. The fourth-order valence-electron chi connectivity index (χ4n) is 3.69. The summed E-state index contributed by atoms with van der Waals surface area (Å²) in [7, 11) is 0. The maximum atomic E-state index is 13.0. The summed E-state index contributed by atoms with van der Waals surface area (Å²) in [6.45, 7) is -6.66. The molecule has 204 valence electrons. The maximum absolute atomic E-state index is 13.0. The van der Waals surface area contributed by atoms with E-state index in [1.165, 1.54) is 12.1 Å². The fourth-order valence-corrected chi connectivity index (χ4v) is 3.69. The Morgan fingerprint density at radius 2 is 1.55 bits per heavy atom. The summed E-state index contributed by atoms with van der Waals surface area (Å²) in [5, 5.41) is 3.02. The molecule has 0 aliphatic rings. The first-order valence-corrected chi connectivity index (χ1v) is 11.1. The molecule has 2 atom stereocenters. The lowest BCUT2D eigenvalue weighted by Gasteiger charge is -2.26. The van der Waals surface area contributed by atoms with Crippen LogP contribution in [0.1, 0.15) is 40.9 Å². The lowest BCUT2D eigenvalue weighted by atomic mass is 9.97. The second-order valence-corrected chi connectivity index (χ2v) is 8.00. The number of ether oxygens (including phenoxy) is 2. The molecule has 13 heteroatoms. The largest absolute Gasteiger partial charge is 0.431 e. The van der Waals surface area contributed by atoms with Gasteiger partial charge >= 0.3 is 19.4 Å². The molecule has 1 heterocycles. The van der Waals surface area contributed by atoms with E-state index < -0.39 is 54.5 Å². The first-order chi connectivity index (χ1) is 17.9. The molecule has 0 fully saturated rings. The van der Waals surface area contributed by atoms with Gasteiger partial charge < -0.3 is 15.2 Å². The highest BCUT2D eigenvalue weighted by molar-refractivity contribution is 5.81. The third kappa shape index (κ3) is 8.07. The van der Waals surface area contributed by atoms with Gasteiger partial charge in [0.25, 0.3) is 0 Å². The number of halogens is 7. The third-order valence-electron chi connectivity index (χ3n) is 5.43. The van der Waals surface area contributed by atoms with Crippen molar-refractivity contribution in [1.82, 2.24) is 10.3 Å². The van der Waals surface area contributed by atoms with E-state index in [1.807, 2.05) is 0 Å². The van der Waals surface area contributed by atoms with Gasteiger partial charge in [0.15, 0.2) is 11.5 Å². The predicted octanol–water partition coefficient (Wildman–Crippen LogP) is 5.79. The zero-order valence-corrected chi connectivity index (χ0v) is 19.5. The molecular formula is C25H22F7N3O3. The van der Waals surface area contributed by atoms with Crippen molar-refractivity contribution >= 4 is 5.91 Å². The number of rotatable bonds is 12. The molecule has 0 radical (unpaired) electrons. The number of nitrogens with two attached hydrogens (primary N) is 1. The number of carbonyl (C=O) groups excluding carboxylic acids is 1. The second kappa shape index (κ2) is 12.6. The summed E-state index contributed by atoms with van der Waals surface area (Å²) in [5.41, 5.74) is 5.65. The average molecular weight is 545 g/mol. The van der Waals surface area contributed by atoms with Crippen LogP contribution in [0, 0.1) is 0 Å². The molecule has 6 nitrogen and oxygen atoms in total. The highest BCUT2D eigenvalue weighted by atomic mass is 19.4. The van der Waals surface area contributed by atoms with E-state index in [1.54, 1.807) is 30.3 Å². The van der Waals surface area contributed by atoms with Gasteiger partial charge in [-0.25, -0.2) is 0 Å².